The van der Waals surface area contributed by atoms with E-state index in [1.165, 1.54) is 6.07 Å². The van der Waals surface area contributed by atoms with Gasteiger partial charge in [0.1, 0.15) is 0 Å². The Hall–Kier alpha value is -2.13. The number of likely N-dealkylation sites (tertiary alicyclic amines) is 1. The number of guanidine groups is 1. The average molecular weight is 430 g/mol. The van der Waals surface area contributed by atoms with Gasteiger partial charge in [-0.2, -0.15) is 8.78 Å². The first kappa shape index (κ1) is 24.1. The molecule has 0 aromatic heterocycles. The van der Waals surface area contributed by atoms with Crippen molar-refractivity contribution < 1.29 is 27.7 Å². The summed E-state index contributed by atoms with van der Waals surface area (Å²) in [5.41, 5.74) is 0.856. The molecule has 0 bridgehead atoms. The topological polar surface area (TPSA) is 64.6 Å². The predicted octanol–water partition coefficient (Wildman–Crippen LogP) is 3.14. The van der Waals surface area contributed by atoms with Gasteiger partial charge in [0.2, 0.25) is 0 Å². The summed E-state index contributed by atoms with van der Waals surface area (Å²) in [6, 6.07) is 4.92. The molecule has 2 rings (SSSR count). The fraction of sp³-hybridized carbons (Fsp3) is 0.667. The van der Waals surface area contributed by atoms with Gasteiger partial charge < -0.3 is 29.2 Å². The summed E-state index contributed by atoms with van der Waals surface area (Å²) in [5, 5.41) is 3.33. The molecule has 0 saturated carbocycles. The lowest BCUT2D eigenvalue weighted by Gasteiger charge is -2.22. The Bertz CT molecular complexity index is 661. The third-order valence-electron chi connectivity index (χ3n) is 4.64. The predicted molar refractivity (Wildman–Crippen MR) is 111 cm³/mol. The summed E-state index contributed by atoms with van der Waals surface area (Å²) >= 11 is 0. The van der Waals surface area contributed by atoms with Crippen LogP contribution in [0.15, 0.2) is 23.2 Å². The Morgan fingerprint density at radius 3 is 2.80 bits per heavy atom. The van der Waals surface area contributed by atoms with Gasteiger partial charge in [-0.05, 0) is 38.0 Å². The third-order valence-corrected chi connectivity index (χ3v) is 4.64. The summed E-state index contributed by atoms with van der Waals surface area (Å²) in [4.78, 5) is 6.96. The highest BCUT2D eigenvalue weighted by atomic mass is 19.3. The van der Waals surface area contributed by atoms with Crippen LogP contribution in [0, 0.1) is 5.92 Å². The lowest BCUT2D eigenvalue weighted by atomic mass is 10.1. The Kier molecular flexibility index (Phi) is 10.6. The van der Waals surface area contributed by atoms with Crippen LogP contribution in [0.5, 0.6) is 11.5 Å². The summed E-state index contributed by atoms with van der Waals surface area (Å²) < 4.78 is 45.8. The number of benzene rings is 1. The van der Waals surface area contributed by atoms with Crippen LogP contribution in [-0.4, -0.2) is 70.6 Å². The molecule has 1 N–H and O–H groups in total. The van der Waals surface area contributed by atoms with Crippen LogP contribution in [0.1, 0.15) is 25.8 Å². The lowest BCUT2D eigenvalue weighted by molar-refractivity contribution is -0.0514. The van der Waals surface area contributed by atoms with Crippen molar-refractivity contribution in [3.8, 4) is 11.5 Å². The lowest BCUT2D eigenvalue weighted by Crippen LogP contribution is -2.40. The van der Waals surface area contributed by atoms with E-state index in [9.17, 15) is 8.78 Å². The first-order valence-corrected chi connectivity index (χ1v) is 10.4. The summed E-state index contributed by atoms with van der Waals surface area (Å²) in [7, 11) is 1.66. The smallest absolute Gasteiger partial charge is 0.387 e. The largest absolute Gasteiger partial charge is 0.490 e. The number of hydrogen-bond donors (Lipinski definition) is 1. The number of halogens is 2. The highest BCUT2D eigenvalue weighted by Gasteiger charge is 2.25. The van der Waals surface area contributed by atoms with Gasteiger partial charge in [-0.1, -0.05) is 6.07 Å². The van der Waals surface area contributed by atoms with Gasteiger partial charge in [0, 0.05) is 32.7 Å². The van der Waals surface area contributed by atoms with E-state index in [1.807, 2.05) is 6.92 Å². The molecule has 1 aromatic rings. The zero-order chi connectivity index (χ0) is 21.8. The monoisotopic (exact) mass is 429 g/mol. The second-order valence-electron chi connectivity index (χ2n) is 6.93. The Labute approximate surface area is 177 Å². The highest BCUT2D eigenvalue weighted by molar-refractivity contribution is 5.80. The molecule has 170 valence electrons. The summed E-state index contributed by atoms with van der Waals surface area (Å²) in [5.74, 6) is 1.62. The second kappa shape index (κ2) is 13.2. The maximum absolute atomic E-state index is 12.6. The highest BCUT2D eigenvalue weighted by Crippen LogP contribution is 2.30. The van der Waals surface area contributed by atoms with Crippen LogP contribution in [0.4, 0.5) is 8.78 Å². The molecule has 7 nitrogen and oxygen atoms in total. The van der Waals surface area contributed by atoms with E-state index >= 15 is 0 Å². The first-order chi connectivity index (χ1) is 14.6. The van der Waals surface area contributed by atoms with Crippen molar-refractivity contribution in [2.24, 2.45) is 10.9 Å². The minimum Gasteiger partial charge on any atom is -0.490 e. The molecule has 0 spiro atoms. The number of nitrogens with zero attached hydrogens (tertiary/aromatic N) is 2. The SMILES string of the molecule is CCNC(=NCc1ccc(OC(F)F)c(OCC)c1)N1CCC(COCCOC)C1. The molecule has 1 unspecified atom stereocenters. The maximum Gasteiger partial charge on any atom is 0.387 e. The van der Waals surface area contributed by atoms with Crippen molar-refractivity contribution in [3.63, 3.8) is 0 Å². The fourth-order valence-corrected chi connectivity index (χ4v) is 3.26. The molecule has 1 aromatic carbocycles. The van der Waals surface area contributed by atoms with Crippen LogP contribution < -0.4 is 14.8 Å². The van der Waals surface area contributed by atoms with E-state index in [0.717, 1.165) is 37.6 Å². The maximum atomic E-state index is 12.6. The number of rotatable bonds is 12. The van der Waals surface area contributed by atoms with E-state index in [-0.39, 0.29) is 5.75 Å². The Morgan fingerprint density at radius 1 is 1.27 bits per heavy atom. The number of hydrogen-bond acceptors (Lipinski definition) is 5. The van der Waals surface area contributed by atoms with E-state index in [0.29, 0.717) is 44.6 Å². The van der Waals surface area contributed by atoms with E-state index in [4.69, 9.17) is 19.2 Å². The van der Waals surface area contributed by atoms with Crippen LogP contribution >= 0.6 is 0 Å². The van der Waals surface area contributed by atoms with Gasteiger partial charge in [-0.15, -0.1) is 0 Å². The third kappa shape index (κ3) is 7.95. The van der Waals surface area contributed by atoms with Crippen molar-refractivity contribution in [1.29, 1.82) is 0 Å². The van der Waals surface area contributed by atoms with Crippen molar-refractivity contribution >= 4 is 5.96 Å². The molecule has 1 aliphatic heterocycles. The van der Waals surface area contributed by atoms with Crippen molar-refractivity contribution in [2.75, 3.05) is 53.2 Å². The normalized spacial score (nSPS) is 16.9. The zero-order valence-electron chi connectivity index (χ0n) is 18.0. The Balaban J connectivity index is 1.99. The van der Waals surface area contributed by atoms with Crippen molar-refractivity contribution in [2.45, 2.75) is 33.4 Å². The average Bonchev–Trinajstić information content (AvgIpc) is 3.19. The minimum absolute atomic E-state index is 0.0299. The summed E-state index contributed by atoms with van der Waals surface area (Å²) in [6.07, 6.45) is 1.05. The minimum atomic E-state index is -2.89. The summed E-state index contributed by atoms with van der Waals surface area (Å²) in [6.45, 7) is 6.16. The molecule has 9 heteroatoms. The van der Waals surface area contributed by atoms with Gasteiger partial charge in [-0.3, -0.25) is 0 Å². The van der Waals surface area contributed by atoms with E-state index in [2.05, 4.69) is 15.0 Å². The number of ether oxygens (including phenoxy) is 4. The van der Waals surface area contributed by atoms with Gasteiger partial charge in [0.05, 0.1) is 33.0 Å². The molecule has 0 radical (unpaired) electrons. The first-order valence-electron chi connectivity index (χ1n) is 10.4. The molecule has 1 saturated heterocycles. The molecule has 1 heterocycles. The molecular weight excluding hydrogens is 396 g/mol. The van der Waals surface area contributed by atoms with Gasteiger partial charge >= 0.3 is 6.61 Å². The van der Waals surface area contributed by atoms with Crippen molar-refractivity contribution in [1.82, 2.24) is 10.2 Å². The standard InChI is InChI=1S/C21H33F2N3O4/c1-4-24-21(26-9-8-17(14-26)15-28-11-10-27-3)25-13-16-6-7-18(30-20(22)23)19(12-16)29-5-2/h6-7,12,17,20H,4-5,8-11,13-15H2,1-3H3,(H,24,25). The molecule has 30 heavy (non-hydrogen) atoms. The van der Waals surface area contributed by atoms with Gasteiger partial charge in [0.25, 0.3) is 0 Å². The van der Waals surface area contributed by atoms with Crippen LogP contribution in [-0.2, 0) is 16.0 Å². The number of aliphatic imine (C=N–C) groups is 1. The number of methoxy groups -OCH3 is 1. The second-order valence-corrected chi connectivity index (χ2v) is 6.93. The quantitative estimate of drug-likeness (QED) is 0.313. The molecule has 1 fully saturated rings. The molecule has 1 aliphatic rings. The van der Waals surface area contributed by atoms with Crippen LogP contribution in [0.25, 0.3) is 0 Å². The number of nitrogens with one attached hydrogen (secondary N) is 1. The Morgan fingerprint density at radius 2 is 2.10 bits per heavy atom. The van der Waals surface area contributed by atoms with Gasteiger partial charge in [0.15, 0.2) is 17.5 Å². The van der Waals surface area contributed by atoms with E-state index in [1.54, 1.807) is 26.2 Å². The van der Waals surface area contributed by atoms with Crippen molar-refractivity contribution in [3.05, 3.63) is 23.8 Å². The fourth-order valence-electron chi connectivity index (χ4n) is 3.26. The van der Waals surface area contributed by atoms with E-state index < -0.39 is 6.61 Å². The molecular formula is C21H33F2N3O4. The number of alkyl halides is 2. The van der Waals surface area contributed by atoms with Crippen LogP contribution in [0.3, 0.4) is 0 Å². The molecule has 0 aliphatic carbocycles. The van der Waals surface area contributed by atoms with Gasteiger partial charge in [-0.25, -0.2) is 4.99 Å². The zero-order valence-corrected chi connectivity index (χ0v) is 18.0. The molecule has 1 atom stereocenters. The van der Waals surface area contributed by atoms with Crippen LogP contribution in [0.2, 0.25) is 0 Å². The molecule has 0 amide bonds.